The molecule has 6 heteroatoms. The van der Waals surface area contributed by atoms with E-state index in [-0.39, 0.29) is 11.3 Å². The van der Waals surface area contributed by atoms with Gasteiger partial charge in [-0.1, -0.05) is 0 Å². The van der Waals surface area contributed by atoms with Crippen molar-refractivity contribution >= 4 is 23.3 Å². The second-order valence-corrected chi connectivity index (χ2v) is 3.46. The molecule has 0 spiro atoms. The maximum Gasteiger partial charge on any atom is 0.325 e. The predicted octanol–water partition coefficient (Wildman–Crippen LogP) is 0.528. The van der Waals surface area contributed by atoms with E-state index in [1.165, 1.54) is 6.07 Å². The average Bonchev–Trinajstić information content (AvgIpc) is 2.54. The lowest BCUT2D eigenvalue weighted by atomic mass is 10.1. The lowest BCUT2D eigenvalue weighted by Crippen LogP contribution is -2.35. The predicted molar refractivity (Wildman–Crippen MR) is 55.1 cm³/mol. The van der Waals surface area contributed by atoms with E-state index in [0.29, 0.717) is 0 Å². The molecule has 0 atom stereocenters. The maximum atomic E-state index is 13.0. The number of benzene rings is 1. The average molecular weight is 237 g/mol. The first-order chi connectivity index (χ1) is 8.04. The molecule has 5 nitrogen and oxygen atoms in total. The highest BCUT2D eigenvalue weighted by Gasteiger charge is 2.37. The molecule has 88 valence electrons. The number of esters is 1. The highest BCUT2D eigenvalue weighted by molar-refractivity contribution is 6.52. The van der Waals surface area contributed by atoms with Gasteiger partial charge in [0.25, 0.3) is 11.7 Å². The Kier molecular flexibility index (Phi) is 2.63. The Morgan fingerprint density at radius 3 is 2.76 bits per heavy atom. The van der Waals surface area contributed by atoms with Gasteiger partial charge in [-0.2, -0.15) is 0 Å². The summed E-state index contributed by atoms with van der Waals surface area (Å²) in [6.07, 6.45) is 0. The summed E-state index contributed by atoms with van der Waals surface area (Å²) in [7, 11) is 1.16. The first-order valence-electron chi connectivity index (χ1n) is 4.77. The van der Waals surface area contributed by atoms with Crippen molar-refractivity contribution < 1.29 is 23.5 Å². The van der Waals surface area contributed by atoms with Crippen molar-refractivity contribution in [2.45, 2.75) is 0 Å². The third-order valence-corrected chi connectivity index (χ3v) is 2.45. The summed E-state index contributed by atoms with van der Waals surface area (Å²) in [4.78, 5) is 35.1. The molecule has 0 bridgehead atoms. The zero-order valence-electron chi connectivity index (χ0n) is 8.90. The normalized spacial score (nSPS) is 13.9. The van der Waals surface area contributed by atoms with Gasteiger partial charge < -0.3 is 4.74 Å². The molecule has 0 saturated carbocycles. The molecule has 0 radical (unpaired) electrons. The minimum atomic E-state index is -0.851. The van der Waals surface area contributed by atoms with Crippen LogP contribution in [0.25, 0.3) is 0 Å². The maximum absolute atomic E-state index is 13.0. The van der Waals surface area contributed by atoms with E-state index < -0.39 is 30.0 Å². The van der Waals surface area contributed by atoms with Crippen molar-refractivity contribution in [3.63, 3.8) is 0 Å². The van der Waals surface area contributed by atoms with Gasteiger partial charge in [-0.25, -0.2) is 4.39 Å². The lowest BCUT2D eigenvalue weighted by molar-refractivity contribution is -0.139. The Morgan fingerprint density at radius 1 is 1.41 bits per heavy atom. The summed E-state index contributed by atoms with van der Waals surface area (Å²) >= 11 is 0. The molecule has 2 rings (SSSR count). The zero-order chi connectivity index (χ0) is 12.6. The summed E-state index contributed by atoms with van der Waals surface area (Å²) in [5.41, 5.74) is 0.200. The highest BCUT2D eigenvalue weighted by Crippen LogP contribution is 2.29. The van der Waals surface area contributed by atoms with Gasteiger partial charge in [-0.05, 0) is 18.2 Å². The fourth-order valence-corrected chi connectivity index (χ4v) is 1.62. The lowest BCUT2D eigenvalue weighted by Gasteiger charge is -2.14. The SMILES string of the molecule is COC(=O)CN1C(=O)C(=O)c2ccc(F)cc21. The van der Waals surface area contributed by atoms with Crippen LogP contribution in [0.4, 0.5) is 10.1 Å². The summed E-state index contributed by atoms with van der Waals surface area (Å²) in [5, 5.41) is 0. The second-order valence-electron chi connectivity index (χ2n) is 3.46. The van der Waals surface area contributed by atoms with Gasteiger partial charge in [0.1, 0.15) is 12.4 Å². The molecule has 0 N–H and O–H groups in total. The Bertz CT molecular complexity index is 526. The van der Waals surface area contributed by atoms with E-state index in [4.69, 9.17) is 0 Å². The van der Waals surface area contributed by atoms with Gasteiger partial charge in [0.05, 0.1) is 18.4 Å². The van der Waals surface area contributed by atoms with E-state index in [1.807, 2.05) is 0 Å². The summed E-state index contributed by atoms with van der Waals surface area (Å²) in [5.74, 6) is -2.86. The van der Waals surface area contributed by atoms with Crippen LogP contribution in [0.15, 0.2) is 18.2 Å². The Balaban J connectivity index is 2.42. The van der Waals surface area contributed by atoms with Crippen molar-refractivity contribution in [3.05, 3.63) is 29.6 Å². The molecular formula is C11H8FNO4. The quantitative estimate of drug-likeness (QED) is 0.556. The standard InChI is InChI=1S/C11H8FNO4/c1-17-9(14)5-13-8-4-6(12)2-3-7(8)10(15)11(13)16/h2-4H,5H2,1H3. The molecular weight excluding hydrogens is 229 g/mol. The van der Waals surface area contributed by atoms with Crippen LogP contribution in [0.2, 0.25) is 0 Å². The molecule has 0 aromatic heterocycles. The number of rotatable bonds is 2. The van der Waals surface area contributed by atoms with Crippen LogP contribution in [0, 0.1) is 5.82 Å². The number of hydrogen-bond donors (Lipinski definition) is 0. The molecule has 1 aliphatic heterocycles. The third kappa shape index (κ3) is 1.77. The van der Waals surface area contributed by atoms with Gasteiger partial charge >= 0.3 is 5.97 Å². The smallest absolute Gasteiger partial charge is 0.325 e. The molecule has 1 aromatic rings. The molecule has 0 saturated heterocycles. The third-order valence-electron chi connectivity index (χ3n) is 2.45. The molecule has 0 unspecified atom stereocenters. The number of nitrogens with zero attached hydrogens (tertiary/aromatic N) is 1. The number of ketones is 1. The van der Waals surface area contributed by atoms with Gasteiger partial charge in [0, 0.05) is 0 Å². The number of ether oxygens (including phenoxy) is 1. The number of carbonyl (C=O) groups is 3. The first-order valence-corrected chi connectivity index (χ1v) is 4.77. The fraction of sp³-hybridized carbons (Fsp3) is 0.182. The van der Waals surface area contributed by atoms with Crippen LogP contribution < -0.4 is 4.90 Å². The molecule has 17 heavy (non-hydrogen) atoms. The number of anilines is 1. The van der Waals surface area contributed by atoms with Gasteiger partial charge in [0.15, 0.2) is 0 Å². The molecule has 1 heterocycles. The minimum absolute atomic E-state index is 0.0975. The number of carbonyl (C=O) groups excluding carboxylic acids is 3. The number of Topliss-reactive ketones (excluding diaryl/α,β-unsaturated/α-hetero) is 1. The van der Waals surface area contributed by atoms with Crippen molar-refractivity contribution in [1.82, 2.24) is 0 Å². The van der Waals surface area contributed by atoms with E-state index in [1.54, 1.807) is 0 Å². The Hall–Kier alpha value is -2.24. The molecule has 0 fully saturated rings. The molecule has 0 aliphatic carbocycles. The second kappa shape index (κ2) is 3.97. The Labute approximate surface area is 95.8 Å². The van der Waals surface area contributed by atoms with Crippen molar-refractivity contribution in [3.8, 4) is 0 Å². The van der Waals surface area contributed by atoms with Crippen molar-refractivity contribution in [2.24, 2.45) is 0 Å². The number of amides is 1. The summed E-state index contributed by atoms with van der Waals surface area (Å²) in [6, 6.07) is 3.36. The van der Waals surface area contributed by atoms with Crippen LogP contribution in [0.1, 0.15) is 10.4 Å². The van der Waals surface area contributed by atoms with Crippen LogP contribution >= 0.6 is 0 Å². The van der Waals surface area contributed by atoms with Gasteiger partial charge in [-0.3, -0.25) is 19.3 Å². The number of fused-ring (bicyclic) bond motifs is 1. The molecule has 1 amide bonds. The number of methoxy groups -OCH3 is 1. The summed E-state index contributed by atoms with van der Waals surface area (Å²) < 4.78 is 17.4. The summed E-state index contributed by atoms with van der Waals surface area (Å²) in [6.45, 7) is -0.405. The van der Waals surface area contributed by atoms with E-state index in [2.05, 4.69) is 4.74 Å². The molecule has 1 aliphatic rings. The first kappa shape index (κ1) is 11.3. The van der Waals surface area contributed by atoms with Crippen LogP contribution in [-0.2, 0) is 14.3 Å². The molecule has 1 aromatic carbocycles. The Morgan fingerprint density at radius 2 is 2.12 bits per heavy atom. The minimum Gasteiger partial charge on any atom is -0.468 e. The number of hydrogen-bond acceptors (Lipinski definition) is 4. The monoisotopic (exact) mass is 237 g/mol. The van der Waals surface area contributed by atoms with Crippen molar-refractivity contribution in [2.75, 3.05) is 18.6 Å². The van der Waals surface area contributed by atoms with Gasteiger partial charge in [0.2, 0.25) is 0 Å². The zero-order valence-corrected chi connectivity index (χ0v) is 8.90. The van der Waals surface area contributed by atoms with Crippen molar-refractivity contribution in [1.29, 1.82) is 0 Å². The van der Waals surface area contributed by atoms with E-state index in [9.17, 15) is 18.8 Å². The fourth-order valence-electron chi connectivity index (χ4n) is 1.62. The van der Waals surface area contributed by atoms with Crippen LogP contribution in [-0.4, -0.2) is 31.3 Å². The largest absolute Gasteiger partial charge is 0.468 e. The van der Waals surface area contributed by atoms with Crippen LogP contribution in [0.3, 0.4) is 0 Å². The van der Waals surface area contributed by atoms with E-state index >= 15 is 0 Å². The topological polar surface area (TPSA) is 63.7 Å². The van der Waals surface area contributed by atoms with Gasteiger partial charge in [-0.15, -0.1) is 0 Å². The highest BCUT2D eigenvalue weighted by atomic mass is 19.1. The number of halogens is 1. The van der Waals surface area contributed by atoms with Crippen LogP contribution in [0.5, 0.6) is 0 Å². The van der Waals surface area contributed by atoms with E-state index in [0.717, 1.165) is 24.1 Å².